The summed E-state index contributed by atoms with van der Waals surface area (Å²) in [6.07, 6.45) is 1.23. The first-order chi connectivity index (χ1) is 11.7. The van der Waals surface area contributed by atoms with Crippen LogP contribution in [0.1, 0.15) is 10.5 Å². The molecule has 2 aromatic rings. The fourth-order valence-corrected chi connectivity index (χ4v) is 3.95. The van der Waals surface area contributed by atoms with Gasteiger partial charge in [0.15, 0.2) is 0 Å². The highest BCUT2D eigenvalue weighted by atomic mass is 35.5. The van der Waals surface area contributed by atoms with Gasteiger partial charge in [0.05, 0.1) is 10.8 Å². The Kier molecular flexibility index (Phi) is 5.29. The molecule has 1 aliphatic rings. The second-order valence-corrected chi connectivity index (χ2v) is 9.34. The monoisotopic (exact) mass is 403 g/mol. The highest BCUT2D eigenvalue weighted by Gasteiger charge is 2.26. The van der Waals surface area contributed by atoms with Gasteiger partial charge in [0, 0.05) is 54.9 Å². The number of hydrogen-bond acceptors (Lipinski definition) is 4. The molecule has 6 nitrogen and oxygen atoms in total. The SMILES string of the molecule is CS(=O)(=O)CCN1CCN(C(=O)c2[nH]c3ccc(Cl)cc3c2Cl)CC1. The van der Waals surface area contributed by atoms with Crippen LogP contribution in [-0.2, 0) is 9.84 Å². The number of hydrogen-bond donors (Lipinski definition) is 1. The summed E-state index contributed by atoms with van der Waals surface area (Å²) < 4.78 is 22.5. The summed E-state index contributed by atoms with van der Waals surface area (Å²) in [5, 5.41) is 1.67. The van der Waals surface area contributed by atoms with Gasteiger partial charge in [-0.15, -0.1) is 0 Å². The Balaban J connectivity index is 1.68. The zero-order valence-corrected chi connectivity index (χ0v) is 16.1. The molecule has 136 valence electrons. The van der Waals surface area contributed by atoms with E-state index in [1.807, 2.05) is 0 Å². The minimum atomic E-state index is -2.98. The molecular weight excluding hydrogens is 385 g/mol. The predicted molar refractivity (Wildman–Crippen MR) is 100 cm³/mol. The second-order valence-electron chi connectivity index (χ2n) is 6.27. The van der Waals surface area contributed by atoms with Gasteiger partial charge in [0.1, 0.15) is 15.5 Å². The minimum Gasteiger partial charge on any atom is -0.349 e. The van der Waals surface area contributed by atoms with Gasteiger partial charge >= 0.3 is 0 Å². The fraction of sp³-hybridized carbons (Fsp3) is 0.438. The highest BCUT2D eigenvalue weighted by Crippen LogP contribution is 2.30. The van der Waals surface area contributed by atoms with Crippen LogP contribution in [0.4, 0.5) is 0 Å². The molecule has 0 radical (unpaired) electrons. The third-order valence-corrected chi connectivity index (χ3v) is 5.90. The van der Waals surface area contributed by atoms with Gasteiger partial charge < -0.3 is 9.88 Å². The van der Waals surface area contributed by atoms with E-state index in [0.29, 0.717) is 48.5 Å². The minimum absolute atomic E-state index is 0.134. The van der Waals surface area contributed by atoms with Crippen LogP contribution in [0.3, 0.4) is 0 Å². The van der Waals surface area contributed by atoms with E-state index in [9.17, 15) is 13.2 Å². The van der Waals surface area contributed by atoms with Crippen molar-refractivity contribution in [2.75, 3.05) is 44.7 Å². The van der Waals surface area contributed by atoms with E-state index < -0.39 is 9.84 Å². The molecule has 25 heavy (non-hydrogen) atoms. The molecule has 0 aliphatic carbocycles. The number of carbonyl (C=O) groups is 1. The zero-order valence-electron chi connectivity index (χ0n) is 13.8. The lowest BCUT2D eigenvalue weighted by Gasteiger charge is -2.34. The number of rotatable bonds is 4. The van der Waals surface area contributed by atoms with Gasteiger partial charge in [-0.25, -0.2) is 8.42 Å². The Morgan fingerprint density at radius 3 is 2.52 bits per heavy atom. The normalized spacial score (nSPS) is 16.5. The van der Waals surface area contributed by atoms with E-state index in [4.69, 9.17) is 23.2 Å². The predicted octanol–water partition coefficient (Wildman–Crippen LogP) is 2.28. The summed E-state index contributed by atoms with van der Waals surface area (Å²) in [6, 6.07) is 5.27. The van der Waals surface area contributed by atoms with Crippen LogP contribution in [0.15, 0.2) is 18.2 Å². The average Bonchev–Trinajstić information content (AvgIpc) is 2.89. The first-order valence-electron chi connectivity index (χ1n) is 7.91. The van der Waals surface area contributed by atoms with Gasteiger partial charge in [-0.05, 0) is 18.2 Å². The average molecular weight is 404 g/mol. The van der Waals surface area contributed by atoms with Crippen LogP contribution in [0.5, 0.6) is 0 Å². The number of amides is 1. The number of aromatic nitrogens is 1. The maximum Gasteiger partial charge on any atom is 0.271 e. The van der Waals surface area contributed by atoms with Crippen molar-refractivity contribution < 1.29 is 13.2 Å². The first-order valence-corrected chi connectivity index (χ1v) is 10.7. The fourth-order valence-electron chi connectivity index (χ4n) is 2.91. The van der Waals surface area contributed by atoms with Gasteiger partial charge in [-0.2, -0.15) is 0 Å². The van der Waals surface area contributed by atoms with E-state index >= 15 is 0 Å². The van der Waals surface area contributed by atoms with Crippen molar-refractivity contribution in [2.24, 2.45) is 0 Å². The van der Waals surface area contributed by atoms with Crippen molar-refractivity contribution >= 4 is 49.8 Å². The molecular formula is C16H19Cl2N3O3S. The second kappa shape index (κ2) is 7.15. The molecule has 3 rings (SSSR count). The largest absolute Gasteiger partial charge is 0.349 e. The van der Waals surface area contributed by atoms with Gasteiger partial charge in [-0.1, -0.05) is 23.2 Å². The van der Waals surface area contributed by atoms with E-state index in [2.05, 4.69) is 9.88 Å². The number of nitrogens with zero attached hydrogens (tertiary/aromatic N) is 2. The number of H-pyrrole nitrogens is 1. The van der Waals surface area contributed by atoms with Crippen molar-refractivity contribution in [3.63, 3.8) is 0 Å². The van der Waals surface area contributed by atoms with Gasteiger partial charge in [0.25, 0.3) is 5.91 Å². The van der Waals surface area contributed by atoms with Gasteiger partial charge in [-0.3, -0.25) is 9.69 Å². The summed E-state index contributed by atoms with van der Waals surface area (Å²) >= 11 is 12.3. The van der Waals surface area contributed by atoms with Crippen LogP contribution < -0.4 is 0 Å². The number of carbonyl (C=O) groups excluding carboxylic acids is 1. The van der Waals surface area contributed by atoms with Crippen molar-refractivity contribution in [2.45, 2.75) is 0 Å². The zero-order chi connectivity index (χ0) is 18.2. The standard InChI is InChI=1S/C16H19Cl2N3O3S/c1-25(23,24)9-8-20-4-6-21(7-5-20)16(22)15-14(18)12-10-11(17)2-3-13(12)19-15/h2-3,10,19H,4-9H2,1H3. The molecule has 0 spiro atoms. The maximum atomic E-state index is 12.8. The lowest BCUT2D eigenvalue weighted by Crippen LogP contribution is -2.49. The van der Waals surface area contributed by atoms with E-state index in [-0.39, 0.29) is 11.7 Å². The molecule has 2 heterocycles. The number of benzene rings is 1. The Labute approximate surface area is 156 Å². The Morgan fingerprint density at radius 1 is 1.20 bits per heavy atom. The van der Waals surface area contributed by atoms with Crippen molar-refractivity contribution in [3.05, 3.63) is 33.9 Å². The van der Waals surface area contributed by atoms with Crippen molar-refractivity contribution in [1.82, 2.24) is 14.8 Å². The van der Waals surface area contributed by atoms with E-state index in [0.717, 1.165) is 10.9 Å². The number of halogens is 2. The molecule has 1 fully saturated rings. The topological polar surface area (TPSA) is 73.5 Å². The number of nitrogens with one attached hydrogen (secondary N) is 1. The summed E-state index contributed by atoms with van der Waals surface area (Å²) in [5.41, 5.74) is 1.13. The number of piperazine rings is 1. The highest BCUT2D eigenvalue weighted by molar-refractivity contribution is 7.90. The first kappa shape index (κ1) is 18.5. The Bertz CT molecular complexity index is 903. The molecule has 1 N–H and O–H groups in total. The Morgan fingerprint density at radius 2 is 1.88 bits per heavy atom. The molecule has 9 heteroatoms. The van der Waals surface area contributed by atoms with Crippen LogP contribution in [0.25, 0.3) is 10.9 Å². The molecule has 1 aromatic carbocycles. The molecule has 0 unspecified atom stereocenters. The lowest BCUT2D eigenvalue weighted by molar-refractivity contribution is 0.0639. The summed E-state index contributed by atoms with van der Waals surface area (Å²) in [7, 11) is -2.98. The Hall–Kier alpha value is -1.28. The number of fused-ring (bicyclic) bond motifs is 1. The third kappa shape index (κ3) is 4.28. The summed E-state index contributed by atoms with van der Waals surface area (Å²) in [6.45, 7) is 2.85. The molecule has 0 saturated carbocycles. The smallest absolute Gasteiger partial charge is 0.271 e. The molecule has 0 atom stereocenters. The number of sulfone groups is 1. The summed E-state index contributed by atoms with van der Waals surface area (Å²) in [5.74, 6) is -0.0182. The van der Waals surface area contributed by atoms with Gasteiger partial charge in [0.2, 0.25) is 0 Å². The van der Waals surface area contributed by atoms with Crippen LogP contribution in [0.2, 0.25) is 10.0 Å². The molecule has 1 aromatic heterocycles. The van der Waals surface area contributed by atoms with E-state index in [1.165, 1.54) is 6.26 Å². The van der Waals surface area contributed by atoms with Crippen molar-refractivity contribution in [3.8, 4) is 0 Å². The summed E-state index contributed by atoms with van der Waals surface area (Å²) in [4.78, 5) is 19.6. The quantitative estimate of drug-likeness (QED) is 0.849. The lowest BCUT2D eigenvalue weighted by atomic mass is 10.2. The number of aromatic amines is 1. The maximum absolute atomic E-state index is 12.8. The van der Waals surface area contributed by atoms with Crippen molar-refractivity contribution in [1.29, 1.82) is 0 Å². The van der Waals surface area contributed by atoms with Crippen LogP contribution >= 0.6 is 23.2 Å². The third-order valence-electron chi connectivity index (χ3n) is 4.35. The van der Waals surface area contributed by atoms with Crippen LogP contribution in [0, 0.1) is 0 Å². The van der Waals surface area contributed by atoms with E-state index in [1.54, 1.807) is 23.1 Å². The molecule has 1 amide bonds. The molecule has 1 saturated heterocycles. The molecule has 1 aliphatic heterocycles. The molecule has 0 bridgehead atoms. The van der Waals surface area contributed by atoms with Crippen LogP contribution in [-0.4, -0.2) is 73.8 Å².